The van der Waals surface area contributed by atoms with Crippen molar-refractivity contribution in [2.45, 2.75) is 219 Å². The Hall–Kier alpha value is -3.59. The predicted octanol–water partition coefficient (Wildman–Crippen LogP) is 17.2. The number of nitrogens with zero attached hydrogens (tertiary/aromatic N) is 1. The summed E-state index contributed by atoms with van der Waals surface area (Å²) in [5.41, 5.74) is 0. The topological polar surface area (TPSA) is 111 Å². The Balaban J connectivity index is 5.51. The van der Waals surface area contributed by atoms with Crippen LogP contribution in [0, 0.1) is 0 Å². The molecule has 3 unspecified atom stereocenters. The van der Waals surface area contributed by atoms with Gasteiger partial charge in [-0.3, -0.25) is 18.6 Å². The van der Waals surface area contributed by atoms with E-state index in [1.54, 1.807) is 0 Å². The van der Waals surface area contributed by atoms with Gasteiger partial charge in [0, 0.05) is 12.8 Å². The maximum Gasteiger partial charge on any atom is 0.472 e. The number of nitrogens with one attached hydrogen (secondary N) is 1. The maximum absolute atomic E-state index is 13.5. The zero-order valence-electron chi connectivity index (χ0n) is 46.6. The van der Waals surface area contributed by atoms with Crippen molar-refractivity contribution in [1.82, 2.24) is 5.32 Å². The second kappa shape index (κ2) is 50.9. The van der Waals surface area contributed by atoms with Gasteiger partial charge in [0.2, 0.25) is 5.91 Å². The number of rotatable bonds is 49. The summed E-state index contributed by atoms with van der Waals surface area (Å²) < 4.78 is 30.6. The average molecular weight is 1020 g/mol. The lowest BCUT2D eigenvalue weighted by Crippen LogP contribution is -2.47. The van der Waals surface area contributed by atoms with E-state index in [-0.39, 0.29) is 31.5 Å². The van der Waals surface area contributed by atoms with Crippen LogP contribution in [0.2, 0.25) is 0 Å². The van der Waals surface area contributed by atoms with Gasteiger partial charge in [0.15, 0.2) is 0 Å². The molecular weight excluding hydrogens is 916 g/mol. The highest BCUT2D eigenvalue weighted by Gasteiger charge is 2.30. The van der Waals surface area contributed by atoms with E-state index < -0.39 is 20.0 Å². The van der Waals surface area contributed by atoms with Crippen LogP contribution >= 0.6 is 7.82 Å². The lowest BCUT2D eigenvalue weighted by molar-refractivity contribution is -0.870. The fraction of sp³-hybridized carbons (Fsp3) is 0.645. The Kier molecular flexibility index (Phi) is 48.4. The molecule has 0 saturated heterocycles. The third-order valence-corrected chi connectivity index (χ3v) is 12.8. The highest BCUT2D eigenvalue weighted by Crippen LogP contribution is 2.43. The number of hydrogen-bond acceptors (Lipinski definition) is 6. The Bertz CT molecular complexity index is 1650. The molecule has 2 N–H and O–H groups in total. The van der Waals surface area contributed by atoms with Crippen LogP contribution in [0.3, 0.4) is 0 Å². The zero-order valence-corrected chi connectivity index (χ0v) is 47.5. The van der Waals surface area contributed by atoms with E-state index in [1.807, 2.05) is 94.1 Å². The van der Waals surface area contributed by atoms with Crippen molar-refractivity contribution in [2.75, 3.05) is 40.9 Å². The molecule has 3 atom stereocenters. The number of phosphoric acid groups is 1. The van der Waals surface area contributed by atoms with E-state index in [0.717, 1.165) is 109 Å². The number of hydrogen-bond donors (Lipinski definition) is 2. The first-order chi connectivity index (χ1) is 34.9. The Labute approximate surface area is 442 Å². The molecule has 0 aromatic rings. The molecule has 0 aliphatic rings. The lowest BCUT2D eigenvalue weighted by atomic mass is 10.0. The van der Waals surface area contributed by atoms with Crippen LogP contribution in [0.25, 0.3) is 0 Å². The number of carbonyl (C=O) groups is 2. The molecule has 0 saturated carbocycles. The SMILES string of the molecule is CC\C=C/C=C/C=C/C=C\C=C\C=C\CCCCCC(=O)OC(/C=C/CCCCCCCCCCCCC)C(COP(=O)(O)OCC[N+](C)(C)C)NC(=O)CCCCCCCC/C=C/C/C=C/C/C=C/CC. The van der Waals surface area contributed by atoms with E-state index in [1.165, 1.54) is 57.8 Å². The number of quaternary nitrogens is 1. The Morgan fingerprint density at radius 2 is 0.958 bits per heavy atom. The first kappa shape index (κ1) is 68.4. The van der Waals surface area contributed by atoms with Crippen molar-refractivity contribution in [3.63, 3.8) is 0 Å². The summed E-state index contributed by atoms with van der Waals surface area (Å²) in [6, 6.07) is -0.882. The highest BCUT2D eigenvalue weighted by molar-refractivity contribution is 7.47. The number of unbranched alkanes of at least 4 members (excludes halogenated alkanes) is 20. The van der Waals surface area contributed by atoms with Gasteiger partial charge in [-0.05, 0) is 83.1 Å². The summed E-state index contributed by atoms with van der Waals surface area (Å²) in [6.07, 6.45) is 70.4. The summed E-state index contributed by atoms with van der Waals surface area (Å²) in [5.74, 6) is -0.582. The van der Waals surface area contributed by atoms with E-state index >= 15 is 0 Å². The first-order valence-electron chi connectivity index (χ1n) is 28.4. The third-order valence-electron chi connectivity index (χ3n) is 11.8. The summed E-state index contributed by atoms with van der Waals surface area (Å²) >= 11 is 0. The molecular formula is C62H106N2O7P+. The molecule has 0 radical (unpaired) electrons. The van der Waals surface area contributed by atoms with Crippen LogP contribution in [-0.2, 0) is 27.9 Å². The molecule has 0 aromatic carbocycles. The molecule has 0 aliphatic heterocycles. The van der Waals surface area contributed by atoms with Gasteiger partial charge in [0.25, 0.3) is 0 Å². The van der Waals surface area contributed by atoms with Crippen molar-refractivity contribution in [2.24, 2.45) is 0 Å². The molecule has 0 aromatic heterocycles. The monoisotopic (exact) mass is 1020 g/mol. The number of carbonyl (C=O) groups excluding carboxylic acids is 2. The molecule has 10 heteroatoms. The van der Waals surface area contributed by atoms with Crippen molar-refractivity contribution in [3.8, 4) is 0 Å². The van der Waals surface area contributed by atoms with Crippen LogP contribution in [0.5, 0.6) is 0 Å². The predicted molar refractivity (Wildman–Crippen MR) is 309 cm³/mol. The summed E-state index contributed by atoms with van der Waals surface area (Å²) in [7, 11) is 1.44. The van der Waals surface area contributed by atoms with E-state index in [0.29, 0.717) is 23.9 Å². The molecule has 0 heterocycles. The van der Waals surface area contributed by atoms with E-state index in [4.69, 9.17) is 13.8 Å². The number of phosphoric ester groups is 1. The minimum Gasteiger partial charge on any atom is -0.456 e. The van der Waals surface area contributed by atoms with Gasteiger partial charge in [-0.1, -0.05) is 233 Å². The van der Waals surface area contributed by atoms with E-state index in [9.17, 15) is 19.0 Å². The quantitative estimate of drug-likeness (QED) is 0.0156. The molecule has 1 amide bonds. The van der Waals surface area contributed by atoms with Gasteiger partial charge in [-0.2, -0.15) is 0 Å². The maximum atomic E-state index is 13.5. The van der Waals surface area contributed by atoms with Crippen LogP contribution in [0.15, 0.2) is 122 Å². The second-order valence-electron chi connectivity index (χ2n) is 19.8. The van der Waals surface area contributed by atoms with Gasteiger partial charge in [0.05, 0.1) is 33.8 Å². The van der Waals surface area contributed by atoms with Crippen molar-refractivity contribution >= 4 is 19.7 Å². The smallest absolute Gasteiger partial charge is 0.456 e. The number of esters is 1. The number of amides is 1. The van der Waals surface area contributed by atoms with Crippen LogP contribution in [0.1, 0.15) is 207 Å². The van der Waals surface area contributed by atoms with Gasteiger partial charge < -0.3 is 19.4 Å². The number of likely N-dealkylation sites (N-methyl/N-ethyl adjacent to an activating group) is 1. The van der Waals surface area contributed by atoms with E-state index in [2.05, 4.69) is 74.7 Å². The van der Waals surface area contributed by atoms with Crippen LogP contribution in [0.4, 0.5) is 0 Å². The standard InChI is InChI=1S/C62H105N2O7P/c1-7-10-13-16-19-22-25-28-30-32-34-37-40-43-46-49-52-55-62(66)71-60(53-50-47-44-41-38-35-27-24-21-18-15-12-9-3)59(58-70-72(67,68)69-57-56-64(4,5)6)63-61(65)54-51-48-45-42-39-36-33-31-29-26-23-20-17-14-11-8-2/h10-11,13-14,16,19-20,22-23,25,28-32,34,37,40,50,53,59-60H,7-9,12,15,17-18,21,24,26-27,33,35-36,38-39,41-49,51-52,54-58H2,1-6H3,(H-,63,65,67,68)/p+1/b13-10-,14-11+,19-16+,23-20+,25-22+,30-28-,31-29+,34-32+,40-37+,53-50+. The first-order valence-corrected chi connectivity index (χ1v) is 29.9. The largest absolute Gasteiger partial charge is 0.472 e. The Morgan fingerprint density at radius 1 is 0.514 bits per heavy atom. The number of ether oxygens (including phenoxy) is 1. The highest BCUT2D eigenvalue weighted by atomic mass is 31.2. The van der Waals surface area contributed by atoms with Crippen molar-refractivity contribution in [3.05, 3.63) is 122 Å². The normalized spacial score (nSPS) is 14.7. The van der Waals surface area contributed by atoms with Gasteiger partial charge in [-0.15, -0.1) is 0 Å². The fourth-order valence-electron chi connectivity index (χ4n) is 7.45. The van der Waals surface area contributed by atoms with Crippen molar-refractivity contribution in [1.29, 1.82) is 0 Å². The summed E-state index contributed by atoms with van der Waals surface area (Å²) in [6.45, 7) is 6.69. The fourth-order valence-corrected chi connectivity index (χ4v) is 8.19. The van der Waals surface area contributed by atoms with Crippen LogP contribution in [-0.4, -0.2) is 74.3 Å². The molecule has 0 rings (SSSR count). The van der Waals surface area contributed by atoms with Gasteiger partial charge >= 0.3 is 13.8 Å². The second-order valence-corrected chi connectivity index (χ2v) is 21.3. The molecule has 9 nitrogen and oxygen atoms in total. The van der Waals surface area contributed by atoms with Gasteiger partial charge in [-0.25, -0.2) is 4.57 Å². The Morgan fingerprint density at radius 3 is 1.51 bits per heavy atom. The molecule has 0 spiro atoms. The summed E-state index contributed by atoms with van der Waals surface area (Å²) in [4.78, 5) is 37.6. The third kappa shape index (κ3) is 51.3. The number of allylic oxidation sites excluding steroid dienone is 19. The van der Waals surface area contributed by atoms with Crippen LogP contribution < -0.4 is 5.32 Å². The molecule has 72 heavy (non-hydrogen) atoms. The van der Waals surface area contributed by atoms with Crippen molar-refractivity contribution < 1.29 is 37.3 Å². The summed E-state index contributed by atoms with van der Waals surface area (Å²) in [5, 5.41) is 3.03. The lowest BCUT2D eigenvalue weighted by Gasteiger charge is -2.27. The molecule has 0 bridgehead atoms. The minimum absolute atomic E-state index is 0.0228. The average Bonchev–Trinajstić information content (AvgIpc) is 3.34. The molecule has 0 aliphatic carbocycles. The molecule has 0 fully saturated rings. The van der Waals surface area contributed by atoms with Gasteiger partial charge in [0.1, 0.15) is 19.3 Å². The zero-order chi connectivity index (χ0) is 52.9. The molecule has 410 valence electrons. The minimum atomic E-state index is -4.47.